The van der Waals surface area contributed by atoms with Gasteiger partial charge in [0, 0.05) is 33.9 Å². The molecule has 0 fully saturated rings. The smallest absolute Gasteiger partial charge is 0.161 e. The number of pyridine rings is 1. The second kappa shape index (κ2) is 10.6. The number of hydrogen-bond donors (Lipinski definition) is 0. The van der Waals surface area contributed by atoms with Gasteiger partial charge in [0.15, 0.2) is 5.82 Å². The van der Waals surface area contributed by atoms with Crippen LogP contribution in [-0.4, -0.2) is 15.0 Å². The van der Waals surface area contributed by atoms with Gasteiger partial charge in [0.25, 0.3) is 0 Å². The molecule has 0 saturated heterocycles. The fourth-order valence-electron chi connectivity index (χ4n) is 7.33. The summed E-state index contributed by atoms with van der Waals surface area (Å²) in [5, 5.41) is 4.85. The fraction of sp³-hybridized carbons (Fsp3) is 0.0682. The first kappa shape index (κ1) is 27.4. The molecule has 3 heteroatoms. The van der Waals surface area contributed by atoms with Crippen molar-refractivity contribution in [2.45, 2.75) is 19.3 Å². The summed E-state index contributed by atoms with van der Waals surface area (Å²) in [6, 6.07) is 51.6. The molecule has 47 heavy (non-hydrogen) atoms. The molecule has 0 spiro atoms. The lowest BCUT2D eigenvalue weighted by Gasteiger charge is -2.22. The molecule has 222 valence electrons. The first-order valence-corrected chi connectivity index (χ1v) is 16.1. The van der Waals surface area contributed by atoms with E-state index in [0.29, 0.717) is 5.82 Å². The first-order valence-electron chi connectivity index (χ1n) is 16.1. The average molecular weight is 602 g/mol. The van der Waals surface area contributed by atoms with Crippen molar-refractivity contribution in [1.82, 2.24) is 15.0 Å². The van der Waals surface area contributed by atoms with Gasteiger partial charge in [-0.25, -0.2) is 9.97 Å². The molecule has 0 atom stereocenters. The summed E-state index contributed by atoms with van der Waals surface area (Å²) in [5.74, 6) is 0.712. The Morgan fingerprint density at radius 1 is 0.426 bits per heavy atom. The molecule has 0 N–H and O–H groups in total. The normalized spacial score (nSPS) is 13.1. The molecule has 9 rings (SSSR count). The minimum Gasteiger partial charge on any atom is -0.256 e. The quantitative estimate of drug-likeness (QED) is 0.188. The van der Waals surface area contributed by atoms with E-state index in [-0.39, 0.29) is 5.41 Å². The van der Waals surface area contributed by atoms with Gasteiger partial charge in [0.1, 0.15) is 0 Å². The summed E-state index contributed by atoms with van der Waals surface area (Å²) in [4.78, 5) is 15.0. The molecule has 0 radical (unpaired) electrons. The minimum absolute atomic E-state index is 0.0638. The molecule has 0 unspecified atom stereocenters. The molecule has 0 amide bonds. The van der Waals surface area contributed by atoms with Crippen LogP contribution in [0, 0.1) is 0 Å². The fourth-order valence-corrected chi connectivity index (χ4v) is 7.33. The van der Waals surface area contributed by atoms with E-state index in [9.17, 15) is 0 Å². The zero-order valence-electron chi connectivity index (χ0n) is 26.3. The van der Waals surface area contributed by atoms with Crippen LogP contribution in [0.4, 0.5) is 0 Å². The molecule has 0 aliphatic heterocycles. The summed E-state index contributed by atoms with van der Waals surface area (Å²) in [6.07, 6.45) is 1.83. The molecule has 0 bridgehead atoms. The number of aromatic nitrogens is 3. The molecular formula is C44H31N3. The molecular weight excluding hydrogens is 571 g/mol. The van der Waals surface area contributed by atoms with Crippen molar-refractivity contribution in [1.29, 1.82) is 0 Å². The van der Waals surface area contributed by atoms with Gasteiger partial charge >= 0.3 is 0 Å². The monoisotopic (exact) mass is 601 g/mol. The van der Waals surface area contributed by atoms with E-state index in [1.807, 2.05) is 30.5 Å². The van der Waals surface area contributed by atoms with Crippen LogP contribution >= 0.6 is 0 Å². The van der Waals surface area contributed by atoms with Gasteiger partial charge in [-0.2, -0.15) is 0 Å². The SMILES string of the molecule is CC1(C)c2ccccc2-c2cc3ccc4c(-c5nc(-c6ccccc6)cc(-c6cccc(-c7ccccn7)c6)n5)cccc4c3cc21. The molecule has 8 aromatic rings. The summed E-state index contributed by atoms with van der Waals surface area (Å²) in [5.41, 5.74) is 12.2. The van der Waals surface area contributed by atoms with Crippen molar-refractivity contribution in [3.8, 4) is 56.3 Å². The summed E-state index contributed by atoms with van der Waals surface area (Å²) in [6.45, 7) is 4.68. The van der Waals surface area contributed by atoms with Crippen LogP contribution in [0.3, 0.4) is 0 Å². The predicted molar refractivity (Wildman–Crippen MR) is 194 cm³/mol. The highest BCUT2D eigenvalue weighted by Gasteiger charge is 2.35. The lowest BCUT2D eigenvalue weighted by Crippen LogP contribution is -2.14. The topological polar surface area (TPSA) is 38.7 Å². The Morgan fingerprint density at radius 2 is 1.13 bits per heavy atom. The Bertz CT molecular complexity index is 2480. The van der Waals surface area contributed by atoms with Crippen molar-refractivity contribution < 1.29 is 0 Å². The Hall–Kier alpha value is -5.93. The molecule has 0 saturated carbocycles. The largest absolute Gasteiger partial charge is 0.256 e. The van der Waals surface area contributed by atoms with Gasteiger partial charge in [-0.3, -0.25) is 4.98 Å². The van der Waals surface area contributed by atoms with Crippen molar-refractivity contribution in [2.75, 3.05) is 0 Å². The lowest BCUT2D eigenvalue weighted by molar-refractivity contribution is 0.661. The Labute approximate surface area is 274 Å². The number of benzene rings is 6. The van der Waals surface area contributed by atoms with Crippen LogP contribution in [0.15, 0.2) is 152 Å². The van der Waals surface area contributed by atoms with Gasteiger partial charge in [0.2, 0.25) is 0 Å². The minimum atomic E-state index is -0.0638. The van der Waals surface area contributed by atoms with E-state index in [1.54, 1.807) is 0 Å². The van der Waals surface area contributed by atoms with Crippen LogP contribution in [0.25, 0.3) is 77.8 Å². The third-order valence-corrected chi connectivity index (χ3v) is 9.74. The molecule has 2 aromatic heterocycles. The number of rotatable bonds is 4. The van der Waals surface area contributed by atoms with E-state index < -0.39 is 0 Å². The van der Waals surface area contributed by atoms with Crippen LogP contribution in [0.5, 0.6) is 0 Å². The maximum atomic E-state index is 5.24. The van der Waals surface area contributed by atoms with Crippen molar-refractivity contribution >= 4 is 21.5 Å². The predicted octanol–water partition coefficient (Wildman–Crippen LogP) is 11.2. The highest BCUT2D eigenvalue weighted by molar-refractivity contribution is 6.13. The number of fused-ring (bicyclic) bond motifs is 6. The zero-order chi connectivity index (χ0) is 31.5. The van der Waals surface area contributed by atoms with Crippen molar-refractivity contribution in [2.24, 2.45) is 0 Å². The van der Waals surface area contributed by atoms with Crippen molar-refractivity contribution in [3.05, 3.63) is 163 Å². The van der Waals surface area contributed by atoms with Gasteiger partial charge in [0.05, 0.1) is 17.1 Å². The third kappa shape index (κ3) is 4.46. The van der Waals surface area contributed by atoms with Gasteiger partial charge in [-0.1, -0.05) is 123 Å². The first-order chi connectivity index (χ1) is 23.0. The Balaban J connectivity index is 1.24. The second-order valence-corrected chi connectivity index (χ2v) is 12.9. The van der Waals surface area contributed by atoms with Crippen LogP contribution < -0.4 is 0 Å². The van der Waals surface area contributed by atoms with E-state index in [1.165, 1.54) is 38.4 Å². The number of hydrogen-bond acceptors (Lipinski definition) is 3. The van der Waals surface area contributed by atoms with E-state index in [4.69, 9.17) is 9.97 Å². The Morgan fingerprint density at radius 3 is 1.96 bits per heavy atom. The van der Waals surface area contributed by atoms with Gasteiger partial charge < -0.3 is 0 Å². The summed E-state index contributed by atoms with van der Waals surface area (Å²) < 4.78 is 0. The van der Waals surface area contributed by atoms with Crippen LogP contribution in [0.1, 0.15) is 25.0 Å². The molecule has 2 heterocycles. The number of nitrogens with zero attached hydrogens (tertiary/aromatic N) is 3. The molecule has 6 aromatic carbocycles. The zero-order valence-corrected chi connectivity index (χ0v) is 26.3. The van der Waals surface area contributed by atoms with Gasteiger partial charge in [-0.05, 0) is 80.2 Å². The maximum absolute atomic E-state index is 5.24. The maximum Gasteiger partial charge on any atom is 0.161 e. The highest BCUT2D eigenvalue weighted by Crippen LogP contribution is 2.50. The lowest BCUT2D eigenvalue weighted by atomic mass is 9.81. The van der Waals surface area contributed by atoms with Crippen molar-refractivity contribution in [3.63, 3.8) is 0 Å². The second-order valence-electron chi connectivity index (χ2n) is 12.9. The Kier molecular flexibility index (Phi) is 6.16. The van der Waals surface area contributed by atoms with E-state index in [2.05, 4.69) is 140 Å². The van der Waals surface area contributed by atoms with Gasteiger partial charge in [-0.15, -0.1) is 0 Å². The average Bonchev–Trinajstić information content (AvgIpc) is 3.36. The van der Waals surface area contributed by atoms with E-state index >= 15 is 0 Å². The summed E-state index contributed by atoms with van der Waals surface area (Å²) >= 11 is 0. The highest BCUT2D eigenvalue weighted by atomic mass is 14.9. The summed E-state index contributed by atoms with van der Waals surface area (Å²) in [7, 11) is 0. The molecule has 1 aliphatic carbocycles. The standard InChI is InChI=1S/C44H31N3/c1-44(2)38-19-7-6-16-34(38)37-25-29-21-22-33-32(36(29)26-39(37)44)17-11-18-35(33)43-46-41(28-12-4-3-5-13-28)27-42(47-43)31-15-10-14-30(24-31)40-20-8-9-23-45-40/h3-27H,1-2H3. The molecule has 1 aliphatic rings. The van der Waals surface area contributed by atoms with E-state index in [0.717, 1.165) is 44.7 Å². The van der Waals surface area contributed by atoms with Crippen LogP contribution in [0.2, 0.25) is 0 Å². The molecule has 3 nitrogen and oxygen atoms in total. The van der Waals surface area contributed by atoms with Crippen LogP contribution in [-0.2, 0) is 5.41 Å². The third-order valence-electron chi connectivity index (χ3n) is 9.74.